The summed E-state index contributed by atoms with van der Waals surface area (Å²) in [5.74, 6) is -0.952. The van der Waals surface area contributed by atoms with E-state index in [1.165, 1.54) is 0 Å². The third-order valence-electron chi connectivity index (χ3n) is 3.92. The summed E-state index contributed by atoms with van der Waals surface area (Å²) >= 11 is 0. The summed E-state index contributed by atoms with van der Waals surface area (Å²) < 4.78 is 0. The molecule has 0 spiro atoms. The van der Waals surface area contributed by atoms with Crippen molar-refractivity contribution in [3.63, 3.8) is 0 Å². The van der Waals surface area contributed by atoms with Crippen LogP contribution in [0.25, 0.3) is 0 Å². The molecule has 0 saturated carbocycles. The normalized spacial score (nSPS) is 12.2. The van der Waals surface area contributed by atoms with Crippen molar-refractivity contribution in [3.8, 4) is 0 Å². The quantitative estimate of drug-likeness (QED) is 0.809. The fraction of sp³-hybridized carbons (Fsp3) is 0.263. The molecule has 0 atom stereocenters. The summed E-state index contributed by atoms with van der Waals surface area (Å²) in [7, 11) is 0. The van der Waals surface area contributed by atoms with Crippen LogP contribution in [0.2, 0.25) is 0 Å². The molecular weight excluding hydrogens is 274 g/mol. The number of hydrogen-bond donors (Lipinski definition) is 1. The summed E-state index contributed by atoms with van der Waals surface area (Å²) in [5, 5.41) is 9.40. The molecule has 3 heteroatoms. The van der Waals surface area contributed by atoms with Crippen molar-refractivity contribution in [1.29, 1.82) is 0 Å². The fourth-order valence-electron chi connectivity index (χ4n) is 2.72. The van der Waals surface area contributed by atoms with Crippen molar-refractivity contribution in [1.82, 2.24) is 0 Å². The van der Waals surface area contributed by atoms with Gasteiger partial charge in [0.05, 0.1) is 0 Å². The summed E-state index contributed by atoms with van der Waals surface area (Å²) in [5.41, 5.74) is 1.56. The molecule has 2 rings (SSSR count). The Hall–Kier alpha value is -2.42. The maximum Gasteiger partial charge on any atom is 0.349 e. The third kappa shape index (κ3) is 3.08. The Labute approximate surface area is 131 Å². The highest BCUT2D eigenvalue weighted by molar-refractivity contribution is 6.35. The van der Waals surface area contributed by atoms with Crippen LogP contribution in [-0.4, -0.2) is 16.8 Å². The van der Waals surface area contributed by atoms with Crippen LogP contribution in [0.5, 0.6) is 0 Å². The van der Waals surface area contributed by atoms with E-state index in [4.69, 9.17) is 4.99 Å². The van der Waals surface area contributed by atoms with Crippen molar-refractivity contribution in [2.45, 2.75) is 32.2 Å². The van der Waals surface area contributed by atoms with Crippen molar-refractivity contribution < 1.29 is 9.90 Å². The number of aliphatic carboxylic acids is 1. The zero-order chi connectivity index (χ0) is 16.0. The van der Waals surface area contributed by atoms with Crippen LogP contribution in [0, 0.1) is 0 Å². The lowest BCUT2D eigenvalue weighted by atomic mass is 9.81. The predicted octanol–water partition coefficient (Wildman–Crippen LogP) is 4.28. The molecule has 2 aromatic rings. The van der Waals surface area contributed by atoms with Gasteiger partial charge in [0.1, 0.15) is 11.3 Å². The first kappa shape index (κ1) is 16.0. The molecule has 2 aromatic carbocycles. The Morgan fingerprint density at radius 3 is 1.73 bits per heavy atom. The second-order valence-corrected chi connectivity index (χ2v) is 5.16. The summed E-state index contributed by atoms with van der Waals surface area (Å²) in [6.07, 6.45) is 1.09. The van der Waals surface area contributed by atoms with Crippen LogP contribution in [0.3, 0.4) is 0 Å². The minimum absolute atomic E-state index is 0.203. The predicted molar refractivity (Wildman–Crippen MR) is 89.3 cm³/mol. The van der Waals surface area contributed by atoms with Gasteiger partial charge in [-0.25, -0.2) is 4.79 Å². The maximum atomic E-state index is 11.5. The van der Waals surface area contributed by atoms with Crippen LogP contribution in [0.4, 0.5) is 0 Å². The molecule has 114 valence electrons. The van der Waals surface area contributed by atoms with Gasteiger partial charge in [0, 0.05) is 0 Å². The molecule has 0 bridgehead atoms. The first-order valence-electron chi connectivity index (χ1n) is 7.57. The van der Waals surface area contributed by atoms with Crippen LogP contribution < -0.4 is 0 Å². The first-order chi connectivity index (χ1) is 10.6. The fourth-order valence-corrected chi connectivity index (χ4v) is 2.72. The molecule has 0 heterocycles. The Morgan fingerprint density at radius 1 is 0.955 bits per heavy atom. The standard InChI is InChI=1S/C19H21NO2/c1-3-17(18(21)22)20-19(4-2,15-11-7-5-8-12-15)16-13-9-6-10-14-16/h5-14H,3-4H2,1-2H3,(H,21,22). The van der Waals surface area contributed by atoms with E-state index >= 15 is 0 Å². The van der Waals surface area contributed by atoms with Crippen LogP contribution in [0.1, 0.15) is 37.8 Å². The van der Waals surface area contributed by atoms with Gasteiger partial charge in [-0.05, 0) is 24.0 Å². The van der Waals surface area contributed by atoms with Gasteiger partial charge in [0.2, 0.25) is 0 Å². The van der Waals surface area contributed by atoms with E-state index in [9.17, 15) is 9.90 Å². The van der Waals surface area contributed by atoms with E-state index in [0.29, 0.717) is 12.8 Å². The number of carboxylic acids is 1. The van der Waals surface area contributed by atoms with Gasteiger partial charge < -0.3 is 5.11 Å². The Balaban J connectivity index is 2.71. The second-order valence-electron chi connectivity index (χ2n) is 5.16. The van der Waals surface area contributed by atoms with E-state index in [1.54, 1.807) is 0 Å². The highest BCUT2D eigenvalue weighted by Crippen LogP contribution is 2.37. The number of nitrogens with zero attached hydrogens (tertiary/aromatic N) is 1. The van der Waals surface area contributed by atoms with Crippen molar-refractivity contribution in [3.05, 3.63) is 71.8 Å². The molecule has 0 aliphatic carbocycles. The monoisotopic (exact) mass is 295 g/mol. The van der Waals surface area contributed by atoms with E-state index in [2.05, 4.69) is 0 Å². The third-order valence-corrected chi connectivity index (χ3v) is 3.92. The Bertz CT molecular complexity index is 608. The molecule has 0 saturated heterocycles. The minimum atomic E-state index is -0.952. The molecule has 22 heavy (non-hydrogen) atoms. The van der Waals surface area contributed by atoms with Crippen molar-refractivity contribution >= 4 is 11.7 Å². The average Bonchev–Trinajstić information content (AvgIpc) is 2.58. The van der Waals surface area contributed by atoms with Crippen molar-refractivity contribution in [2.75, 3.05) is 0 Å². The average molecular weight is 295 g/mol. The van der Waals surface area contributed by atoms with Gasteiger partial charge in [0.15, 0.2) is 0 Å². The molecular formula is C19H21NO2. The maximum absolute atomic E-state index is 11.5. The minimum Gasteiger partial charge on any atom is -0.477 e. The summed E-state index contributed by atoms with van der Waals surface area (Å²) in [6.45, 7) is 3.86. The van der Waals surface area contributed by atoms with Crippen molar-refractivity contribution in [2.24, 2.45) is 4.99 Å². The first-order valence-corrected chi connectivity index (χ1v) is 7.57. The summed E-state index contributed by atoms with van der Waals surface area (Å²) in [4.78, 5) is 16.2. The molecule has 1 N–H and O–H groups in total. The number of hydrogen-bond acceptors (Lipinski definition) is 2. The molecule has 0 unspecified atom stereocenters. The van der Waals surface area contributed by atoms with Crippen LogP contribution >= 0.6 is 0 Å². The van der Waals surface area contributed by atoms with E-state index < -0.39 is 11.5 Å². The largest absolute Gasteiger partial charge is 0.477 e. The lowest BCUT2D eigenvalue weighted by molar-refractivity contribution is -0.129. The molecule has 0 radical (unpaired) electrons. The van der Waals surface area contributed by atoms with E-state index in [0.717, 1.165) is 11.1 Å². The number of aliphatic imine (C=N–C) groups is 1. The topological polar surface area (TPSA) is 49.7 Å². The van der Waals surface area contributed by atoms with Gasteiger partial charge in [-0.3, -0.25) is 4.99 Å². The number of rotatable bonds is 6. The van der Waals surface area contributed by atoms with Crippen LogP contribution in [-0.2, 0) is 10.3 Å². The van der Waals surface area contributed by atoms with Crippen LogP contribution in [0.15, 0.2) is 65.7 Å². The molecule has 0 aliphatic heterocycles. The zero-order valence-electron chi connectivity index (χ0n) is 13.0. The zero-order valence-corrected chi connectivity index (χ0v) is 13.0. The molecule has 0 fully saturated rings. The highest BCUT2D eigenvalue weighted by atomic mass is 16.4. The van der Waals surface area contributed by atoms with E-state index in [-0.39, 0.29) is 5.71 Å². The number of carbonyl (C=O) groups is 1. The van der Waals surface area contributed by atoms with Gasteiger partial charge in [-0.2, -0.15) is 0 Å². The van der Waals surface area contributed by atoms with E-state index in [1.807, 2.05) is 74.5 Å². The van der Waals surface area contributed by atoms with Gasteiger partial charge in [-0.1, -0.05) is 74.5 Å². The molecule has 0 aliphatic rings. The highest BCUT2D eigenvalue weighted by Gasteiger charge is 2.33. The lowest BCUT2D eigenvalue weighted by Gasteiger charge is -2.31. The van der Waals surface area contributed by atoms with Gasteiger partial charge in [-0.15, -0.1) is 0 Å². The summed E-state index contributed by atoms with van der Waals surface area (Å²) in [6, 6.07) is 19.8. The van der Waals surface area contributed by atoms with Gasteiger partial charge in [0.25, 0.3) is 0 Å². The number of benzene rings is 2. The molecule has 0 amide bonds. The Morgan fingerprint density at radius 2 is 1.41 bits per heavy atom. The van der Waals surface area contributed by atoms with Gasteiger partial charge >= 0.3 is 5.97 Å². The molecule has 3 nitrogen and oxygen atoms in total. The lowest BCUT2D eigenvalue weighted by Crippen LogP contribution is -2.28. The number of carboxylic acid groups (broad SMARTS) is 1. The Kier molecular flexibility index (Phi) is 5.10. The SMILES string of the molecule is CCC(=NC(CC)(c1ccccc1)c1ccccc1)C(=O)O. The second kappa shape index (κ2) is 7.03. The smallest absolute Gasteiger partial charge is 0.349 e. The molecule has 0 aromatic heterocycles.